The summed E-state index contributed by atoms with van der Waals surface area (Å²) in [4.78, 5) is 10.3. The monoisotopic (exact) mass is 299 g/mol. The van der Waals surface area contributed by atoms with Crippen molar-refractivity contribution >= 4 is 11.6 Å². The molecule has 6 heteroatoms. The van der Waals surface area contributed by atoms with Gasteiger partial charge in [-0.1, -0.05) is 6.07 Å². The van der Waals surface area contributed by atoms with E-state index >= 15 is 0 Å². The first-order chi connectivity index (χ1) is 10.7. The van der Waals surface area contributed by atoms with Crippen molar-refractivity contribution in [1.29, 1.82) is 0 Å². The van der Waals surface area contributed by atoms with Crippen LogP contribution >= 0.6 is 0 Å². The third kappa shape index (κ3) is 2.20. The molecule has 2 aliphatic rings. The molecule has 114 valence electrons. The van der Waals surface area contributed by atoms with Gasteiger partial charge in [0.2, 0.25) is 5.95 Å². The molecule has 2 unspecified atom stereocenters. The lowest BCUT2D eigenvalue weighted by molar-refractivity contribution is 0.476. The van der Waals surface area contributed by atoms with Crippen LogP contribution in [-0.2, 0) is 0 Å². The van der Waals surface area contributed by atoms with Crippen LogP contribution in [0.15, 0.2) is 30.5 Å². The van der Waals surface area contributed by atoms with Gasteiger partial charge in [-0.3, -0.25) is 0 Å². The van der Waals surface area contributed by atoms with E-state index in [-0.39, 0.29) is 11.8 Å². The number of aromatic nitrogens is 2. The smallest absolute Gasteiger partial charge is 0.220 e. The lowest BCUT2D eigenvalue weighted by Crippen LogP contribution is -2.52. The van der Waals surface area contributed by atoms with Gasteiger partial charge in [0.25, 0.3) is 0 Å². The van der Waals surface area contributed by atoms with Gasteiger partial charge in [0, 0.05) is 36.9 Å². The Balaban J connectivity index is 1.69. The van der Waals surface area contributed by atoms with E-state index in [1.807, 2.05) is 12.1 Å². The molecule has 2 saturated heterocycles. The van der Waals surface area contributed by atoms with Crippen LogP contribution in [0.3, 0.4) is 0 Å². The minimum absolute atomic E-state index is 0.196. The number of nitrogen functional groups attached to an aromatic ring is 1. The van der Waals surface area contributed by atoms with Crippen molar-refractivity contribution in [1.82, 2.24) is 15.3 Å². The van der Waals surface area contributed by atoms with Crippen molar-refractivity contribution in [2.75, 3.05) is 23.7 Å². The van der Waals surface area contributed by atoms with Gasteiger partial charge in [0.1, 0.15) is 5.82 Å². The van der Waals surface area contributed by atoms with Gasteiger partial charge in [-0.05, 0) is 31.0 Å². The first-order valence-electron chi connectivity index (χ1n) is 7.60. The Hall–Kier alpha value is -2.21. The van der Waals surface area contributed by atoms with Gasteiger partial charge in [-0.15, -0.1) is 0 Å². The topological polar surface area (TPSA) is 67.1 Å². The average Bonchev–Trinajstić information content (AvgIpc) is 2.76. The number of nitrogens with two attached hydrogens (primary N) is 1. The van der Waals surface area contributed by atoms with Gasteiger partial charge >= 0.3 is 0 Å². The number of fused-ring (bicyclic) bond motifs is 2. The Morgan fingerprint density at radius 1 is 1.18 bits per heavy atom. The molecule has 1 aromatic heterocycles. The van der Waals surface area contributed by atoms with Crippen molar-refractivity contribution in [3.8, 4) is 11.3 Å². The first kappa shape index (κ1) is 13.5. The number of halogens is 1. The first-order valence-corrected chi connectivity index (χ1v) is 7.60. The standard InChI is InChI=1S/C16H18FN5/c17-13-7-10(14-5-6-20-16(18)21-14)1-4-15(13)22-11-2-3-12(22)9-19-8-11/h1,4-7,11-12,19H,2-3,8-9H2,(H2,18,20,21). The molecule has 2 aromatic rings. The molecule has 2 aliphatic heterocycles. The predicted octanol–water partition coefficient (Wildman–Crippen LogP) is 1.81. The lowest BCUT2D eigenvalue weighted by Gasteiger charge is -2.37. The maximum absolute atomic E-state index is 14.7. The fourth-order valence-electron chi connectivity index (χ4n) is 3.58. The van der Waals surface area contributed by atoms with Crippen LogP contribution in [0.1, 0.15) is 12.8 Å². The molecular weight excluding hydrogens is 281 g/mol. The molecule has 0 spiro atoms. The summed E-state index contributed by atoms with van der Waals surface area (Å²) in [7, 11) is 0. The second kappa shape index (κ2) is 5.21. The zero-order chi connectivity index (χ0) is 15.1. The molecule has 0 radical (unpaired) electrons. The quantitative estimate of drug-likeness (QED) is 0.885. The summed E-state index contributed by atoms with van der Waals surface area (Å²) in [6.45, 7) is 1.86. The van der Waals surface area contributed by atoms with Gasteiger partial charge < -0.3 is 16.0 Å². The van der Waals surface area contributed by atoms with E-state index in [9.17, 15) is 4.39 Å². The molecule has 2 atom stereocenters. The van der Waals surface area contributed by atoms with Crippen LogP contribution in [0.2, 0.25) is 0 Å². The highest BCUT2D eigenvalue weighted by Crippen LogP contribution is 2.35. The highest BCUT2D eigenvalue weighted by molar-refractivity contribution is 5.65. The Bertz CT molecular complexity index is 689. The number of benzene rings is 1. The maximum atomic E-state index is 14.7. The number of piperazine rings is 1. The van der Waals surface area contributed by atoms with Crippen LogP contribution < -0.4 is 16.0 Å². The normalized spacial score (nSPS) is 23.8. The molecule has 4 rings (SSSR count). The largest absolute Gasteiger partial charge is 0.368 e. The molecule has 22 heavy (non-hydrogen) atoms. The third-order valence-corrected chi connectivity index (χ3v) is 4.58. The van der Waals surface area contributed by atoms with E-state index in [1.54, 1.807) is 18.3 Å². The van der Waals surface area contributed by atoms with Crippen molar-refractivity contribution in [2.45, 2.75) is 24.9 Å². The average molecular weight is 299 g/mol. The van der Waals surface area contributed by atoms with Crippen LogP contribution in [0, 0.1) is 5.82 Å². The van der Waals surface area contributed by atoms with E-state index in [4.69, 9.17) is 5.73 Å². The minimum atomic E-state index is -0.200. The second-order valence-electron chi connectivity index (χ2n) is 5.92. The summed E-state index contributed by atoms with van der Waals surface area (Å²) < 4.78 is 14.7. The van der Waals surface area contributed by atoms with Crippen molar-refractivity contribution in [3.05, 3.63) is 36.3 Å². The van der Waals surface area contributed by atoms with Gasteiger partial charge in [0.15, 0.2) is 0 Å². The highest BCUT2D eigenvalue weighted by Gasteiger charge is 2.37. The lowest BCUT2D eigenvalue weighted by atomic mass is 10.1. The van der Waals surface area contributed by atoms with E-state index in [1.165, 1.54) is 0 Å². The Morgan fingerprint density at radius 2 is 1.95 bits per heavy atom. The van der Waals surface area contributed by atoms with E-state index in [0.717, 1.165) is 31.5 Å². The summed E-state index contributed by atoms with van der Waals surface area (Å²) in [5.41, 5.74) is 7.65. The molecule has 0 amide bonds. The van der Waals surface area contributed by atoms with Crippen LogP contribution in [0.5, 0.6) is 0 Å². The molecule has 3 N–H and O–H groups in total. The van der Waals surface area contributed by atoms with Gasteiger partial charge in [0.05, 0.1) is 11.4 Å². The summed E-state index contributed by atoms with van der Waals surface area (Å²) in [6.07, 6.45) is 3.84. The van der Waals surface area contributed by atoms with Crippen LogP contribution in [0.4, 0.5) is 16.0 Å². The van der Waals surface area contributed by atoms with E-state index < -0.39 is 0 Å². The van der Waals surface area contributed by atoms with Crippen LogP contribution in [-0.4, -0.2) is 35.1 Å². The minimum Gasteiger partial charge on any atom is -0.368 e. The maximum Gasteiger partial charge on any atom is 0.220 e. The predicted molar refractivity (Wildman–Crippen MR) is 84.0 cm³/mol. The number of hydrogen-bond acceptors (Lipinski definition) is 5. The Kier molecular flexibility index (Phi) is 3.18. The number of hydrogen-bond donors (Lipinski definition) is 2. The second-order valence-corrected chi connectivity index (χ2v) is 5.92. The fourth-order valence-corrected chi connectivity index (χ4v) is 3.58. The fraction of sp³-hybridized carbons (Fsp3) is 0.375. The zero-order valence-corrected chi connectivity index (χ0v) is 12.2. The zero-order valence-electron chi connectivity index (χ0n) is 12.2. The Labute approximate surface area is 128 Å². The molecule has 3 heterocycles. The van der Waals surface area contributed by atoms with Crippen LogP contribution in [0.25, 0.3) is 11.3 Å². The third-order valence-electron chi connectivity index (χ3n) is 4.58. The summed E-state index contributed by atoms with van der Waals surface area (Å²) in [6, 6.07) is 7.83. The molecule has 2 bridgehead atoms. The summed E-state index contributed by atoms with van der Waals surface area (Å²) in [5, 5.41) is 3.41. The summed E-state index contributed by atoms with van der Waals surface area (Å²) >= 11 is 0. The SMILES string of the molecule is Nc1nccc(-c2ccc(N3C4CCC3CNC4)c(F)c2)n1. The molecule has 0 aliphatic carbocycles. The number of rotatable bonds is 2. The van der Waals surface area contributed by atoms with Crippen molar-refractivity contribution < 1.29 is 4.39 Å². The number of nitrogens with zero attached hydrogens (tertiary/aromatic N) is 3. The van der Waals surface area contributed by atoms with E-state index in [0.29, 0.717) is 23.5 Å². The Morgan fingerprint density at radius 3 is 2.64 bits per heavy atom. The molecule has 5 nitrogen and oxygen atoms in total. The van der Waals surface area contributed by atoms with Gasteiger partial charge in [-0.25, -0.2) is 14.4 Å². The van der Waals surface area contributed by atoms with Crippen molar-refractivity contribution in [3.63, 3.8) is 0 Å². The summed E-state index contributed by atoms with van der Waals surface area (Å²) in [5.74, 6) is -0.00406. The van der Waals surface area contributed by atoms with E-state index in [2.05, 4.69) is 20.2 Å². The van der Waals surface area contributed by atoms with Gasteiger partial charge in [-0.2, -0.15) is 0 Å². The molecular formula is C16H18FN5. The molecule has 0 saturated carbocycles. The molecule has 1 aromatic carbocycles. The number of nitrogens with one attached hydrogen (secondary N) is 1. The number of anilines is 2. The highest BCUT2D eigenvalue weighted by atomic mass is 19.1. The molecule has 2 fully saturated rings. The van der Waals surface area contributed by atoms with Crippen molar-refractivity contribution in [2.24, 2.45) is 0 Å².